The SMILES string of the molecule is CC(=O)C1OC(OCCCCCCC(C)C)C(O)C(O)C1O.CC(=O)C1OC(Oc2ccc(CCCCC(C)C)cc2)C(O)C(O)C1O.CC(C)(C)CCCCCS(=O)(=O)O.CCC(CO)(CO)NC(=O)CCNCCC(C)C.CCC(CO)CCCCS(=O)(=O)NCCC(C)C.CCC(O)CCCCCC(C)C.CNCCC(C)C. The Labute approximate surface area is 705 Å². The largest absolute Gasteiger partial charge is 0.462 e. The zero-order chi connectivity index (χ0) is 89.6. The van der Waals surface area contributed by atoms with Crippen LogP contribution in [0.2, 0.25) is 0 Å². The molecule has 692 valence electrons. The topological polar surface area (TPSA) is 427 Å². The predicted molar refractivity (Wildman–Crippen MR) is 468 cm³/mol. The first-order valence-corrected chi connectivity index (χ1v) is 47.3. The second kappa shape index (κ2) is 70.5. The van der Waals surface area contributed by atoms with E-state index in [2.05, 4.69) is 125 Å². The Morgan fingerprint density at radius 2 is 0.948 bits per heavy atom. The van der Waals surface area contributed by atoms with Crippen LogP contribution in [0.25, 0.3) is 0 Å². The standard InChI is InChI=1S/C20H30O6.C16H30O6.C13H28N2O3.C13H29NO3S.C11H24O.C9H20O3S.C6H15N/c1-12(2)6-4-5-7-14-8-10-15(11-9-14)25-20-18(24)16(22)17(23)19(26-20)13(3)21;1-10(2)8-6-4-5-7-9-21-16-14(20)12(18)13(19)15(22-16)11(3)17;1-4-13(9-16,10-17)15-12(18)6-8-14-7-5-11(2)3;1-4-13(11-15)7-5-6-10-18(16,17)14-9-8-12(2)3;1-4-11(12)9-7-5-6-8-10(2)3;1-9(2,3)7-5-4-6-8-13(10,11)12;1-6(2)4-5-7-3/h8-12,16-20,22-24H,4-7H2,1-3H3;10,12-16,18-20H,4-9H2,1-3H3;11,14,16-17H,4-10H2,1-3H3,(H,15,18);12-15H,4-11H2,1-3H3;10-12H,4-9H2,1-3H3;4-8H2,1-3H3,(H,10,11,12);6-7H,4-5H2,1-3H3. The molecule has 2 fully saturated rings. The minimum atomic E-state index is -3.74. The molecule has 28 heteroatoms. The Kier molecular flexibility index (Phi) is 72.5. The maximum atomic E-state index is 11.7. The number of sulfonamides is 1. The molecule has 2 aliphatic rings. The summed E-state index contributed by atoms with van der Waals surface area (Å²) in [7, 11) is -4.85. The van der Waals surface area contributed by atoms with Crippen LogP contribution in [-0.4, -0.2) is 234 Å². The average Bonchev–Trinajstić information content (AvgIpc) is 0.814. The van der Waals surface area contributed by atoms with Crippen LogP contribution in [0.1, 0.15) is 317 Å². The zero-order valence-corrected chi connectivity index (χ0v) is 77.9. The Hall–Kier alpha value is -2.95. The van der Waals surface area contributed by atoms with Crippen molar-refractivity contribution < 1.29 is 106 Å². The lowest BCUT2D eigenvalue weighted by Gasteiger charge is -2.39. The first-order chi connectivity index (χ1) is 54.2. The van der Waals surface area contributed by atoms with E-state index in [1.54, 1.807) is 12.1 Å². The molecular formula is C88H176N4O22S2. The molecule has 1 amide bonds. The molecule has 15 N–H and O–H groups in total. The number of hydrogen-bond acceptors (Lipinski definition) is 23. The lowest BCUT2D eigenvalue weighted by Crippen LogP contribution is -2.60. The van der Waals surface area contributed by atoms with Gasteiger partial charge in [0.2, 0.25) is 22.2 Å². The van der Waals surface area contributed by atoms with Crippen molar-refractivity contribution in [3.8, 4) is 5.75 Å². The Morgan fingerprint density at radius 3 is 1.39 bits per heavy atom. The van der Waals surface area contributed by atoms with Crippen LogP contribution in [0.4, 0.5) is 0 Å². The highest BCUT2D eigenvalue weighted by molar-refractivity contribution is 7.89. The molecule has 2 aliphatic heterocycles. The summed E-state index contributed by atoms with van der Waals surface area (Å²) in [5.41, 5.74) is 0.635. The number of ether oxygens (including phenoxy) is 4. The highest BCUT2D eigenvalue weighted by Gasteiger charge is 2.48. The number of benzene rings is 1. The number of aryl methyl sites for hydroxylation is 1. The van der Waals surface area contributed by atoms with Gasteiger partial charge in [-0.3, -0.25) is 18.9 Å². The summed E-state index contributed by atoms with van der Waals surface area (Å²) in [6.45, 7) is 44.6. The summed E-state index contributed by atoms with van der Waals surface area (Å²) in [4.78, 5) is 34.6. The van der Waals surface area contributed by atoms with Crippen LogP contribution in [0.15, 0.2) is 24.3 Å². The van der Waals surface area contributed by atoms with E-state index in [0.717, 1.165) is 133 Å². The van der Waals surface area contributed by atoms with Crippen LogP contribution in [0, 0.1) is 46.8 Å². The van der Waals surface area contributed by atoms with Crippen molar-refractivity contribution >= 4 is 37.6 Å². The lowest BCUT2D eigenvalue weighted by atomic mass is 9.90. The number of unbranched alkanes of at least 4 members (excludes halogenated alkanes) is 9. The fraction of sp³-hybridized carbons (Fsp3) is 0.898. The molecule has 0 aromatic heterocycles. The summed E-state index contributed by atoms with van der Waals surface area (Å²) < 4.78 is 76.7. The second-order valence-electron chi connectivity index (χ2n) is 35.5. The zero-order valence-electron chi connectivity index (χ0n) is 76.3. The molecule has 26 nitrogen and oxygen atoms in total. The van der Waals surface area contributed by atoms with E-state index < -0.39 is 98.7 Å². The third-order valence-electron chi connectivity index (χ3n) is 19.9. The molecule has 1 aromatic carbocycles. The molecule has 116 heavy (non-hydrogen) atoms. The van der Waals surface area contributed by atoms with Crippen molar-refractivity contribution in [2.75, 3.05) is 71.2 Å². The highest BCUT2D eigenvalue weighted by Crippen LogP contribution is 2.28. The van der Waals surface area contributed by atoms with Crippen molar-refractivity contribution in [3.05, 3.63) is 29.8 Å². The normalized spacial score (nSPS) is 20.2. The highest BCUT2D eigenvalue weighted by atomic mass is 32.2. The van der Waals surface area contributed by atoms with Gasteiger partial charge in [0.15, 0.2) is 17.9 Å². The van der Waals surface area contributed by atoms with Gasteiger partial charge in [0.05, 0.1) is 36.4 Å². The van der Waals surface area contributed by atoms with E-state index in [1.165, 1.54) is 77.2 Å². The van der Waals surface area contributed by atoms with E-state index in [1.807, 2.05) is 40.0 Å². The quantitative estimate of drug-likeness (QED) is 0.0213. The van der Waals surface area contributed by atoms with Crippen molar-refractivity contribution in [1.82, 2.24) is 20.7 Å². The minimum Gasteiger partial charge on any atom is -0.462 e. The summed E-state index contributed by atoms with van der Waals surface area (Å²) in [5, 5.41) is 105. The number of carbonyl (C=O) groups excluding carboxylic acids is 3. The fourth-order valence-electron chi connectivity index (χ4n) is 11.7. The van der Waals surface area contributed by atoms with E-state index in [9.17, 15) is 77.2 Å². The number of amides is 1. The third-order valence-corrected chi connectivity index (χ3v) is 22.2. The molecular weight excluding hydrogens is 1530 g/mol. The summed E-state index contributed by atoms with van der Waals surface area (Å²) in [5.74, 6) is 4.20. The number of hydrogen-bond donors (Lipinski definition) is 15. The Balaban J connectivity index is -0.000000649. The van der Waals surface area contributed by atoms with Gasteiger partial charge in [-0.2, -0.15) is 8.42 Å². The second-order valence-corrected chi connectivity index (χ2v) is 38.9. The summed E-state index contributed by atoms with van der Waals surface area (Å²) in [6, 6.07) is 7.45. The molecule has 2 saturated heterocycles. The Morgan fingerprint density at radius 1 is 0.509 bits per heavy atom. The maximum Gasteiger partial charge on any atom is 0.264 e. The van der Waals surface area contributed by atoms with Crippen LogP contribution >= 0.6 is 0 Å². The van der Waals surface area contributed by atoms with Gasteiger partial charge in [-0.05, 0) is 182 Å². The first-order valence-electron chi connectivity index (χ1n) is 44.0. The fourth-order valence-corrected chi connectivity index (χ4v) is 13.4. The molecule has 0 radical (unpaired) electrons. The molecule has 2 heterocycles. The molecule has 0 aliphatic carbocycles. The molecule has 3 rings (SSSR count). The smallest absolute Gasteiger partial charge is 0.264 e. The van der Waals surface area contributed by atoms with Gasteiger partial charge in [0.25, 0.3) is 10.1 Å². The monoisotopic (exact) mass is 1710 g/mol. The van der Waals surface area contributed by atoms with E-state index in [4.69, 9.17) is 28.6 Å². The molecule has 0 bridgehead atoms. The molecule has 12 atom stereocenters. The van der Waals surface area contributed by atoms with Crippen molar-refractivity contribution in [2.45, 2.75) is 391 Å². The molecule has 1 aromatic rings. The lowest BCUT2D eigenvalue weighted by molar-refractivity contribution is -0.290. The minimum absolute atomic E-state index is 0.0518. The van der Waals surface area contributed by atoms with Crippen LogP contribution < -0.4 is 25.4 Å². The molecule has 0 spiro atoms. The van der Waals surface area contributed by atoms with Crippen molar-refractivity contribution in [3.63, 3.8) is 0 Å². The number of ketones is 2. The third kappa shape index (κ3) is 67.6. The van der Waals surface area contributed by atoms with Gasteiger partial charge < -0.3 is 86.0 Å². The first kappa shape index (κ1) is 119. The number of aliphatic hydroxyl groups excluding tert-OH is 10. The number of carbonyl (C=O) groups is 3. The van der Waals surface area contributed by atoms with Gasteiger partial charge in [0, 0.05) is 32.7 Å². The van der Waals surface area contributed by atoms with Gasteiger partial charge in [-0.15, -0.1) is 0 Å². The molecule has 0 saturated carbocycles. The average molecular weight is 1710 g/mol. The van der Waals surface area contributed by atoms with E-state index >= 15 is 0 Å². The van der Waals surface area contributed by atoms with Crippen molar-refractivity contribution in [2.24, 2.45) is 46.8 Å². The van der Waals surface area contributed by atoms with E-state index in [-0.39, 0.29) is 43.3 Å². The van der Waals surface area contributed by atoms with Crippen molar-refractivity contribution in [1.29, 1.82) is 0 Å². The maximum absolute atomic E-state index is 11.7. The number of nitrogens with one attached hydrogen (secondary N) is 4. The summed E-state index contributed by atoms with van der Waals surface area (Å²) >= 11 is 0. The number of aliphatic hydroxyl groups is 10. The van der Waals surface area contributed by atoms with Crippen LogP contribution in [0.3, 0.4) is 0 Å². The number of Topliss-reactive ketones (excluding diaryl/α,β-unsaturated/α-hetero) is 2. The molecule has 12 unspecified atom stereocenters. The summed E-state index contributed by atoms with van der Waals surface area (Å²) in [6.07, 6.45) is 14.7. The van der Waals surface area contributed by atoms with Gasteiger partial charge in [-0.1, -0.05) is 227 Å². The van der Waals surface area contributed by atoms with Gasteiger partial charge >= 0.3 is 0 Å². The van der Waals surface area contributed by atoms with Crippen LogP contribution in [0.5, 0.6) is 5.75 Å². The Bertz CT molecular complexity index is 2710. The van der Waals surface area contributed by atoms with Gasteiger partial charge in [-0.25, -0.2) is 13.1 Å². The number of rotatable bonds is 53. The van der Waals surface area contributed by atoms with Gasteiger partial charge in [0.1, 0.15) is 54.6 Å². The van der Waals surface area contributed by atoms with E-state index in [0.29, 0.717) is 74.3 Å². The predicted octanol–water partition coefficient (Wildman–Crippen LogP) is 12.3. The van der Waals surface area contributed by atoms with Crippen LogP contribution in [-0.2, 0) is 55.2 Å².